The molecule has 2 aromatic carbocycles. The second kappa shape index (κ2) is 9.82. The molecule has 0 aromatic heterocycles. The van der Waals surface area contributed by atoms with Gasteiger partial charge in [-0.2, -0.15) is 0 Å². The fourth-order valence-electron chi connectivity index (χ4n) is 3.43. The van der Waals surface area contributed by atoms with Crippen molar-refractivity contribution in [2.24, 2.45) is 0 Å². The van der Waals surface area contributed by atoms with Crippen molar-refractivity contribution >= 4 is 9.84 Å². The second-order valence-corrected chi connectivity index (χ2v) is 9.42. The summed E-state index contributed by atoms with van der Waals surface area (Å²) in [6, 6.07) is 16.4. The SMILES string of the molecule is CO[C@H]1CC(C(O)CS(=O)(=O)c2ccc(C)cc2)O[C@@H]1COCc1ccccc1. The first-order chi connectivity index (χ1) is 13.9. The topological polar surface area (TPSA) is 82.1 Å². The minimum Gasteiger partial charge on any atom is -0.389 e. The van der Waals surface area contributed by atoms with E-state index in [1.165, 1.54) is 0 Å². The predicted molar refractivity (Wildman–Crippen MR) is 109 cm³/mol. The van der Waals surface area contributed by atoms with Gasteiger partial charge in [0.15, 0.2) is 9.84 Å². The summed E-state index contributed by atoms with van der Waals surface area (Å²) in [5, 5.41) is 10.5. The van der Waals surface area contributed by atoms with Crippen molar-refractivity contribution in [3.63, 3.8) is 0 Å². The van der Waals surface area contributed by atoms with E-state index in [9.17, 15) is 13.5 Å². The van der Waals surface area contributed by atoms with Crippen LogP contribution in [0.1, 0.15) is 17.5 Å². The molecule has 29 heavy (non-hydrogen) atoms. The number of hydrogen-bond acceptors (Lipinski definition) is 6. The van der Waals surface area contributed by atoms with Crippen molar-refractivity contribution in [2.45, 2.75) is 49.3 Å². The van der Waals surface area contributed by atoms with Crippen LogP contribution < -0.4 is 0 Å². The number of aliphatic hydroxyl groups excluding tert-OH is 1. The van der Waals surface area contributed by atoms with E-state index in [4.69, 9.17) is 14.2 Å². The molecule has 1 fully saturated rings. The summed E-state index contributed by atoms with van der Waals surface area (Å²) in [5.41, 5.74) is 2.03. The zero-order valence-electron chi connectivity index (χ0n) is 16.7. The van der Waals surface area contributed by atoms with E-state index in [2.05, 4.69) is 0 Å². The van der Waals surface area contributed by atoms with Gasteiger partial charge in [-0.1, -0.05) is 48.0 Å². The molecule has 1 heterocycles. The minimum atomic E-state index is -3.61. The molecule has 2 unspecified atom stereocenters. The first kappa shape index (κ1) is 21.9. The molecular formula is C22H28O6S. The van der Waals surface area contributed by atoms with Gasteiger partial charge in [0.25, 0.3) is 0 Å². The summed E-state index contributed by atoms with van der Waals surface area (Å²) in [6.45, 7) is 2.65. The highest BCUT2D eigenvalue weighted by molar-refractivity contribution is 7.91. The largest absolute Gasteiger partial charge is 0.389 e. The molecule has 0 amide bonds. The van der Waals surface area contributed by atoms with Crippen molar-refractivity contribution in [1.29, 1.82) is 0 Å². The maximum absolute atomic E-state index is 12.6. The molecule has 0 aliphatic carbocycles. The number of methoxy groups -OCH3 is 1. The maximum atomic E-state index is 12.6. The molecule has 0 radical (unpaired) electrons. The van der Waals surface area contributed by atoms with Crippen molar-refractivity contribution < 1.29 is 27.7 Å². The van der Waals surface area contributed by atoms with Crippen LogP contribution in [0, 0.1) is 6.92 Å². The normalized spacial score (nSPS) is 23.2. The quantitative estimate of drug-likeness (QED) is 0.671. The molecule has 1 saturated heterocycles. The lowest BCUT2D eigenvalue weighted by Gasteiger charge is -2.19. The van der Waals surface area contributed by atoms with Gasteiger partial charge in [-0.05, 0) is 24.6 Å². The van der Waals surface area contributed by atoms with Crippen LogP contribution in [0.15, 0.2) is 59.5 Å². The Bertz CT molecular complexity index is 866. The molecule has 0 spiro atoms. The summed E-state index contributed by atoms with van der Waals surface area (Å²) in [5.74, 6) is -0.394. The molecule has 2 aromatic rings. The summed E-state index contributed by atoms with van der Waals surface area (Å²) < 4.78 is 42.3. The lowest BCUT2D eigenvalue weighted by atomic mass is 10.1. The van der Waals surface area contributed by atoms with E-state index in [1.807, 2.05) is 37.3 Å². The van der Waals surface area contributed by atoms with Crippen LogP contribution in [0.2, 0.25) is 0 Å². The van der Waals surface area contributed by atoms with Gasteiger partial charge in [0.05, 0.1) is 42.2 Å². The van der Waals surface area contributed by atoms with Crippen molar-refractivity contribution in [3.8, 4) is 0 Å². The summed E-state index contributed by atoms with van der Waals surface area (Å²) >= 11 is 0. The number of sulfone groups is 1. The Morgan fingerprint density at radius 1 is 1.14 bits per heavy atom. The van der Waals surface area contributed by atoms with Gasteiger partial charge in [-0.3, -0.25) is 0 Å². The second-order valence-electron chi connectivity index (χ2n) is 7.39. The van der Waals surface area contributed by atoms with Crippen LogP contribution in [0.25, 0.3) is 0 Å². The first-order valence-electron chi connectivity index (χ1n) is 9.66. The number of rotatable bonds is 9. The third-order valence-electron chi connectivity index (χ3n) is 5.12. The zero-order chi connectivity index (χ0) is 20.9. The van der Waals surface area contributed by atoms with Gasteiger partial charge in [0, 0.05) is 13.5 Å². The average Bonchev–Trinajstić information content (AvgIpc) is 3.12. The molecule has 158 valence electrons. The van der Waals surface area contributed by atoms with E-state index in [-0.39, 0.29) is 17.1 Å². The molecule has 1 aliphatic heterocycles. The molecule has 1 N–H and O–H groups in total. The van der Waals surface area contributed by atoms with E-state index in [1.54, 1.807) is 31.4 Å². The summed E-state index contributed by atoms with van der Waals surface area (Å²) in [6.07, 6.45) is -1.96. The molecule has 4 atom stereocenters. The van der Waals surface area contributed by atoms with E-state index in [0.717, 1.165) is 11.1 Å². The van der Waals surface area contributed by atoms with Crippen LogP contribution in [0.4, 0.5) is 0 Å². The molecule has 3 rings (SSSR count). The fraction of sp³-hybridized carbons (Fsp3) is 0.455. The Labute approximate surface area is 172 Å². The van der Waals surface area contributed by atoms with Crippen LogP contribution in [-0.2, 0) is 30.7 Å². The highest BCUT2D eigenvalue weighted by atomic mass is 32.2. The Kier molecular flexibility index (Phi) is 7.43. The van der Waals surface area contributed by atoms with E-state index in [0.29, 0.717) is 19.6 Å². The van der Waals surface area contributed by atoms with Gasteiger partial charge in [0.1, 0.15) is 6.10 Å². The van der Waals surface area contributed by atoms with Crippen LogP contribution in [0.5, 0.6) is 0 Å². The first-order valence-corrected chi connectivity index (χ1v) is 11.3. The minimum absolute atomic E-state index is 0.200. The van der Waals surface area contributed by atoms with Gasteiger partial charge in [-0.15, -0.1) is 0 Å². The van der Waals surface area contributed by atoms with E-state index < -0.39 is 27.8 Å². The van der Waals surface area contributed by atoms with Gasteiger partial charge < -0.3 is 19.3 Å². The van der Waals surface area contributed by atoms with Gasteiger partial charge in [-0.25, -0.2) is 8.42 Å². The molecular weight excluding hydrogens is 392 g/mol. The molecule has 0 bridgehead atoms. The Hall–Kier alpha value is -1.77. The highest BCUT2D eigenvalue weighted by Gasteiger charge is 2.40. The molecule has 1 aliphatic rings. The number of aliphatic hydroxyl groups is 1. The standard InChI is InChI=1S/C22H28O6S/c1-16-8-10-18(11-9-16)29(24,25)15-19(23)20-12-21(26-2)22(28-20)14-27-13-17-6-4-3-5-7-17/h3-11,19-23H,12-15H2,1-2H3/t19?,20?,21-,22+/m0/s1. The Morgan fingerprint density at radius 3 is 2.48 bits per heavy atom. The van der Waals surface area contributed by atoms with Crippen LogP contribution in [-0.4, -0.2) is 57.4 Å². The highest BCUT2D eigenvalue weighted by Crippen LogP contribution is 2.27. The van der Waals surface area contributed by atoms with Crippen molar-refractivity contribution in [2.75, 3.05) is 19.5 Å². The van der Waals surface area contributed by atoms with Crippen molar-refractivity contribution in [3.05, 3.63) is 65.7 Å². The predicted octanol–water partition coefficient (Wildman–Crippen LogP) is 2.52. The maximum Gasteiger partial charge on any atom is 0.181 e. The molecule has 6 nitrogen and oxygen atoms in total. The molecule has 7 heteroatoms. The lowest BCUT2D eigenvalue weighted by molar-refractivity contribution is -0.0780. The monoisotopic (exact) mass is 420 g/mol. The third kappa shape index (κ3) is 5.87. The van der Waals surface area contributed by atoms with Crippen molar-refractivity contribution in [1.82, 2.24) is 0 Å². The van der Waals surface area contributed by atoms with Crippen LogP contribution in [0.3, 0.4) is 0 Å². The third-order valence-corrected chi connectivity index (χ3v) is 6.90. The Balaban J connectivity index is 1.55. The molecule has 0 saturated carbocycles. The number of hydrogen-bond donors (Lipinski definition) is 1. The van der Waals surface area contributed by atoms with E-state index >= 15 is 0 Å². The smallest absolute Gasteiger partial charge is 0.181 e. The summed E-state index contributed by atoms with van der Waals surface area (Å²) in [7, 11) is -2.03. The van der Waals surface area contributed by atoms with Crippen LogP contribution >= 0.6 is 0 Å². The Morgan fingerprint density at radius 2 is 1.83 bits per heavy atom. The number of ether oxygens (including phenoxy) is 3. The van der Waals surface area contributed by atoms with Gasteiger partial charge >= 0.3 is 0 Å². The fourth-order valence-corrected chi connectivity index (χ4v) is 4.84. The number of benzene rings is 2. The summed E-state index contributed by atoms with van der Waals surface area (Å²) in [4.78, 5) is 0.200. The zero-order valence-corrected chi connectivity index (χ0v) is 17.5. The average molecular weight is 421 g/mol. The van der Waals surface area contributed by atoms with Gasteiger partial charge in [0.2, 0.25) is 0 Å². The number of aryl methyl sites for hydroxylation is 1. The lowest BCUT2D eigenvalue weighted by Crippen LogP contribution is -2.33.